The molecule has 3 aromatic rings. The maximum atomic E-state index is 13.6. The molecule has 6 heteroatoms. The fourth-order valence-corrected chi connectivity index (χ4v) is 5.35. The molecule has 0 N–H and O–H groups in total. The molecule has 3 aromatic carbocycles. The molecule has 0 bridgehead atoms. The largest absolute Gasteiger partial charge is 0.497 e. The van der Waals surface area contributed by atoms with Gasteiger partial charge in [-0.25, -0.2) is 5.01 Å². The molecule has 5 rings (SSSR count). The SMILES string of the molecule is COc1cccc(C2=NN(C(=O)CN3CCC(Cc4ccccc4)CC3)[C@H](c3ccc(Cl)cc3)C2)c1. The van der Waals surface area contributed by atoms with Crippen LogP contribution in [-0.4, -0.2) is 48.3 Å². The van der Waals surface area contributed by atoms with Crippen LogP contribution in [0.4, 0.5) is 0 Å². The third-order valence-electron chi connectivity index (χ3n) is 7.26. The van der Waals surface area contributed by atoms with Gasteiger partial charge >= 0.3 is 0 Å². The van der Waals surface area contributed by atoms with Crippen molar-refractivity contribution in [3.8, 4) is 5.75 Å². The van der Waals surface area contributed by atoms with Gasteiger partial charge in [0.15, 0.2) is 0 Å². The predicted octanol–water partition coefficient (Wildman–Crippen LogP) is 5.98. The van der Waals surface area contributed by atoms with Crippen molar-refractivity contribution in [2.75, 3.05) is 26.7 Å². The molecule has 0 aromatic heterocycles. The van der Waals surface area contributed by atoms with E-state index in [1.807, 2.05) is 48.5 Å². The molecule has 2 aliphatic rings. The number of benzene rings is 3. The minimum atomic E-state index is -0.147. The molecule has 1 fully saturated rings. The summed E-state index contributed by atoms with van der Waals surface area (Å²) in [5, 5.41) is 7.21. The molecule has 0 saturated carbocycles. The summed E-state index contributed by atoms with van der Waals surface area (Å²) in [5.74, 6) is 1.49. The van der Waals surface area contributed by atoms with Crippen molar-refractivity contribution in [3.63, 3.8) is 0 Å². The van der Waals surface area contributed by atoms with E-state index in [-0.39, 0.29) is 11.9 Å². The summed E-state index contributed by atoms with van der Waals surface area (Å²) >= 11 is 6.14. The van der Waals surface area contributed by atoms with Gasteiger partial charge in [0.05, 0.1) is 25.4 Å². The van der Waals surface area contributed by atoms with Crippen molar-refractivity contribution >= 4 is 23.2 Å². The Morgan fingerprint density at radius 3 is 2.47 bits per heavy atom. The second-order valence-corrected chi connectivity index (χ2v) is 10.1. The number of piperidine rings is 1. The smallest absolute Gasteiger partial charge is 0.257 e. The highest BCUT2D eigenvalue weighted by Gasteiger charge is 2.34. The van der Waals surface area contributed by atoms with Crippen LogP contribution in [0.1, 0.15) is 42.0 Å². The first kappa shape index (κ1) is 24.5. The van der Waals surface area contributed by atoms with Crippen LogP contribution in [0.5, 0.6) is 5.75 Å². The van der Waals surface area contributed by atoms with Crippen molar-refractivity contribution in [2.45, 2.75) is 31.7 Å². The summed E-state index contributed by atoms with van der Waals surface area (Å²) in [5.41, 5.74) is 4.30. The number of carbonyl (C=O) groups is 1. The van der Waals surface area contributed by atoms with E-state index in [1.165, 1.54) is 5.56 Å². The average Bonchev–Trinajstić information content (AvgIpc) is 3.37. The van der Waals surface area contributed by atoms with Gasteiger partial charge in [-0.05, 0) is 73.7 Å². The van der Waals surface area contributed by atoms with E-state index < -0.39 is 0 Å². The number of likely N-dealkylation sites (tertiary alicyclic amines) is 1. The summed E-state index contributed by atoms with van der Waals surface area (Å²) in [6.07, 6.45) is 3.99. The number of ether oxygens (including phenoxy) is 1. The van der Waals surface area contributed by atoms with Gasteiger partial charge in [0, 0.05) is 17.0 Å². The molecule has 0 unspecified atom stereocenters. The lowest BCUT2D eigenvalue weighted by molar-refractivity contribution is -0.134. The highest BCUT2D eigenvalue weighted by Crippen LogP contribution is 2.34. The number of hydrogen-bond donors (Lipinski definition) is 0. The van der Waals surface area contributed by atoms with E-state index in [0.717, 1.165) is 54.9 Å². The first-order valence-corrected chi connectivity index (χ1v) is 13.0. The van der Waals surface area contributed by atoms with E-state index in [1.54, 1.807) is 12.1 Å². The molecule has 0 aliphatic carbocycles. The van der Waals surface area contributed by atoms with Crippen LogP contribution in [0.15, 0.2) is 84.0 Å². The second-order valence-electron chi connectivity index (χ2n) is 9.70. The lowest BCUT2D eigenvalue weighted by Crippen LogP contribution is -2.42. The predicted molar refractivity (Wildman–Crippen MR) is 144 cm³/mol. The molecule has 1 atom stereocenters. The van der Waals surface area contributed by atoms with E-state index >= 15 is 0 Å². The van der Waals surface area contributed by atoms with Gasteiger partial charge in [-0.15, -0.1) is 0 Å². The van der Waals surface area contributed by atoms with Gasteiger partial charge in [-0.3, -0.25) is 9.69 Å². The third kappa shape index (κ3) is 5.80. The van der Waals surface area contributed by atoms with Crippen LogP contribution in [-0.2, 0) is 11.2 Å². The monoisotopic (exact) mass is 501 g/mol. The molecular formula is C30H32ClN3O2. The fraction of sp³-hybridized carbons (Fsp3) is 0.333. The van der Waals surface area contributed by atoms with Gasteiger partial charge in [0.2, 0.25) is 0 Å². The van der Waals surface area contributed by atoms with Crippen molar-refractivity contribution in [1.29, 1.82) is 0 Å². The Morgan fingerprint density at radius 1 is 1.00 bits per heavy atom. The molecule has 1 amide bonds. The first-order chi connectivity index (χ1) is 17.6. The van der Waals surface area contributed by atoms with Crippen LogP contribution in [0.3, 0.4) is 0 Å². The van der Waals surface area contributed by atoms with E-state index in [4.69, 9.17) is 21.4 Å². The number of nitrogens with zero attached hydrogens (tertiary/aromatic N) is 3. The minimum Gasteiger partial charge on any atom is -0.497 e. The van der Waals surface area contributed by atoms with Gasteiger partial charge in [-0.2, -0.15) is 5.10 Å². The van der Waals surface area contributed by atoms with E-state index in [2.05, 4.69) is 35.2 Å². The lowest BCUT2D eigenvalue weighted by atomic mass is 9.90. The van der Waals surface area contributed by atoms with Crippen LogP contribution in [0.2, 0.25) is 5.02 Å². The summed E-state index contributed by atoms with van der Waals surface area (Å²) in [6.45, 7) is 2.27. The Labute approximate surface area is 218 Å². The molecule has 2 aliphatic heterocycles. The van der Waals surface area contributed by atoms with Gasteiger partial charge in [0.25, 0.3) is 5.91 Å². The Balaban J connectivity index is 1.28. The van der Waals surface area contributed by atoms with Crippen molar-refractivity contribution in [1.82, 2.24) is 9.91 Å². The Bertz CT molecular complexity index is 1200. The number of hydrazone groups is 1. The maximum absolute atomic E-state index is 13.6. The molecule has 0 spiro atoms. The molecule has 0 radical (unpaired) electrons. The van der Waals surface area contributed by atoms with Gasteiger partial charge < -0.3 is 4.74 Å². The van der Waals surface area contributed by atoms with Crippen molar-refractivity contribution < 1.29 is 9.53 Å². The van der Waals surface area contributed by atoms with Gasteiger partial charge in [0.1, 0.15) is 5.75 Å². The Hall–Kier alpha value is -3.15. The minimum absolute atomic E-state index is 0.0364. The fourth-order valence-electron chi connectivity index (χ4n) is 5.22. The van der Waals surface area contributed by atoms with Crippen molar-refractivity contribution in [2.24, 2.45) is 11.0 Å². The molecule has 2 heterocycles. The summed E-state index contributed by atoms with van der Waals surface area (Å²) in [4.78, 5) is 15.8. The summed E-state index contributed by atoms with van der Waals surface area (Å²) in [6, 6.07) is 26.2. The average molecular weight is 502 g/mol. The number of carbonyl (C=O) groups excluding carboxylic acids is 1. The zero-order chi connectivity index (χ0) is 24.9. The molecular weight excluding hydrogens is 470 g/mol. The second kappa shape index (κ2) is 11.3. The number of hydrogen-bond acceptors (Lipinski definition) is 4. The van der Waals surface area contributed by atoms with E-state index in [0.29, 0.717) is 23.9 Å². The van der Waals surface area contributed by atoms with Gasteiger partial charge in [-0.1, -0.05) is 66.2 Å². The number of rotatable bonds is 7. The highest BCUT2D eigenvalue weighted by atomic mass is 35.5. The molecule has 36 heavy (non-hydrogen) atoms. The summed E-state index contributed by atoms with van der Waals surface area (Å²) < 4.78 is 5.40. The van der Waals surface area contributed by atoms with Crippen molar-refractivity contribution in [3.05, 3.63) is 101 Å². The molecule has 186 valence electrons. The van der Waals surface area contributed by atoms with Crippen LogP contribution < -0.4 is 4.74 Å². The number of methoxy groups -OCH3 is 1. The standard InChI is InChI=1S/C30H32ClN3O2/c1-36-27-9-5-8-25(19-27)28-20-29(24-10-12-26(31)13-11-24)34(32-28)30(35)21-33-16-14-23(15-17-33)18-22-6-3-2-4-7-22/h2-13,19,23,29H,14-18,20-21H2,1H3/t29-/m0/s1. The zero-order valence-corrected chi connectivity index (χ0v) is 21.4. The number of amides is 1. The quantitative estimate of drug-likeness (QED) is 0.400. The third-order valence-corrected chi connectivity index (χ3v) is 7.51. The maximum Gasteiger partial charge on any atom is 0.257 e. The van der Waals surface area contributed by atoms with E-state index in [9.17, 15) is 4.79 Å². The molecule has 5 nitrogen and oxygen atoms in total. The Kier molecular flexibility index (Phi) is 7.69. The Morgan fingerprint density at radius 2 is 1.75 bits per heavy atom. The number of halogens is 1. The normalized spacial score (nSPS) is 18.8. The topological polar surface area (TPSA) is 45.1 Å². The van der Waals surface area contributed by atoms with Crippen LogP contribution in [0, 0.1) is 5.92 Å². The van der Waals surface area contributed by atoms with Crippen LogP contribution in [0.25, 0.3) is 0 Å². The first-order valence-electron chi connectivity index (χ1n) is 12.6. The van der Waals surface area contributed by atoms with Crippen LogP contribution >= 0.6 is 11.6 Å². The molecule has 1 saturated heterocycles. The summed E-state index contributed by atoms with van der Waals surface area (Å²) in [7, 11) is 1.66. The lowest BCUT2D eigenvalue weighted by Gasteiger charge is -2.33. The highest BCUT2D eigenvalue weighted by molar-refractivity contribution is 6.30. The zero-order valence-electron chi connectivity index (χ0n) is 20.6.